The number of esters is 3. The summed E-state index contributed by atoms with van der Waals surface area (Å²) < 4.78 is 9.23. The SMILES string of the molecule is O=C1OC(=O)c2cc3cc4c(cc3cc21)C(=O)O[C@H]4O. The highest BCUT2D eigenvalue weighted by Gasteiger charge is 2.33. The number of hydrogen-bond donors (Lipinski definition) is 1. The molecule has 2 aliphatic heterocycles. The van der Waals surface area contributed by atoms with E-state index in [4.69, 9.17) is 4.74 Å². The standard InChI is InChI=1S/C14H6O6/c15-11-7-1-5-2-9-10(14(18)20-13(9)17)4-6(5)3-8(7)12(16)19-11/h1-4,11,15H/t11-/m1/s1. The fraction of sp³-hybridized carbons (Fsp3) is 0.0714. The van der Waals surface area contributed by atoms with Crippen LogP contribution >= 0.6 is 0 Å². The van der Waals surface area contributed by atoms with Gasteiger partial charge in [0.1, 0.15) is 0 Å². The predicted octanol–water partition coefficient (Wildman–Crippen LogP) is 1.31. The molecule has 20 heavy (non-hydrogen) atoms. The number of benzene rings is 2. The monoisotopic (exact) mass is 270 g/mol. The normalized spacial score (nSPS) is 19.9. The van der Waals surface area contributed by atoms with Crippen LogP contribution < -0.4 is 0 Å². The third kappa shape index (κ3) is 1.28. The number of aliphatic hydroxyl groups excluding tert-OH is 1. The van der Waals surface area contributed by atoms with Crippen molar-refractivity contribution in [2.24, 2.45) is 0 Å². The highest BCUT2D eigenvalue weighted by atomic mass is 16.6. The first-order valence-electron chi connectivity index (χ1n) is 5.82. The van der Waals surface area contributed by atoms with Crippen molar-refractivity contribution in [3.05, 3.63) is 46.5 Å². The third-order valence-corrected chi connectivity index (χ3v) is 3.47. The van der Waals surface area contributed by atoms with Gasteiger partial charge in [-0.1, -0.05) is 0 Å². The summed E-state index contributed by atoms with van der Waals surface area (Å²) in [6.45, 7) is 0. The summed E-state index contributed by atoms with van der Waals surface area (Å²) in [4.78, 5) is 34.5. The van der Waals surface area contributed by atoms with Gasteiger partial charge in [-0.2, -0.15) is 0 Å². The molecule has 0 saturated carbocycles. The second-order valence-electron chi connectivity index (χ2n) is 4.62. The Kier molecular flexibility index (Phi) is 1.91. The maximum atomic E-state index is 11.5. The van der Waals surface area contributed by atoms with E-state index in [-0.39, 0.29) is 16.7 Å². The molecular formula is C14H6O6. The molecule has 98 valence electrons. The van der Waals surface area contributed by atoms with E-state index in [1.54, 1.807) is 6.07 Å². The fourth-order valence-electron chi connectivity index (χ4n) is 2.51. The smallest absolute Gasteiger partial charge is 0.346 e. The first-order chi connectivity index (χ1) is 9.54. The number of ether oxygens (including phenoxy) is 2. The van der Waals surface area contributed by atoms with Gasteiger partial charge in [-0.3, -0.25) is 0 Å². The second-order valence-corrected chi connectivity index (χ2v) is 4.62. The number of aliphatic hydroxyl groups is 1. The average molecular weight is 270 g/mol. The van der Waals surface area contributed by atoms with Gasteiger partial charge >= 0.3 is 17.9 Å². The molecule has 0 spiro atoms. The minimum Gasteiger partial charge on any atom is -0.428 e. The lowest BCUT2D eigenvalue weighted by Gasteiger charge is -2.04. The first-order valence-corrected chi connectivity index (χ1v) is 5.82. The van der Waals surface area contributed by atoms with E-state index in [2.05, 4.69) is 4.74 Å². The van der Waals surface area contributed by atoms with Gasteiger partial charge in [0.25, 0.3) is 0 Å². The van der Waals surface area contributed by atoms with E-state index in [1.807, 2.05) is 0 Å². The van der Waals surface area contributed by atoms with Crippen LogP contribution in [0.1, 0.15) is 42.9 Å². The maximum absolute atomic E-state index is 11.5. The van der Waals surface area contributed by atoms with Crippen LogP contribution in [0.5, 0.6) is 0 Å². The molecular weight excluding hydrogens is 264 g/mol. The molecule has 0 aliphatic carbocycles. The van der Waals surface area contributed by atoms with Crippen molar-refractivity contribution in [3.63, 3.8) is 0 Å². The molecule has 0 aromatic heterocycles. The zero-order chi connectivity index (χ0) is 14.0. The maximum Gasteiger partial charge on any atom is 0.346 e. The minimum absolute atomic E-state index is 0.175. The largest absolute Gasteiger partial charge is 0.428 e. The fourth-order valence-corrected chi connectivity index (χ4v) is 2.51. The Morgan fingerprint density at radius 2 is 1.35 bits per heavy atom. The van der Waals surface area contributed by atoms with Crippen molar-refractivity contribution in [2.75, 3.05) is 0 Å². The van der Waals surface area contributed by atoms with Gasteiger partial charge in [0, 0.05) is 5.56 Å². The highest BCUT2D eigenvalue weighted by Crippen LogP contribution is 2.34. The van der Waals surface area contributed by atoms with Crippen molar-refractivity contribution in [1.29, 1.82) is 0 Å². The Morgan fingerprint density at radius 3 is 2.00 bits per heavy atom. The highest BCUT2D eigenvalue weighted by molar-refractivity contribution is 6.17. The molecule has 1 N–H and O–H groups in total. The van der Waals surface area contributed by atoms with Crippen LogP contribution in [0.15, 0.2) is 24.3 Å². The summed E-state index contributed by atoms with van der Waals surface area (Å²) in [5, 5.41) is 10.8. The summed E-state index contributed by atoms with van der Waals surface area (Å²) >= 11 is 0. The van der Waals surface area contributed by atoms with Gasteiger partial charge in [0.15, 0.2) is 0 Å². The van der Waals surface area contributed by atoms with E-state index >= 15 is 0 Å². The van der Waals surface area contributed by atoms with Gasteiger partial charge in [0.2, 0.25) is 6.29 Å². The topological polar surface area (TPSA) is 89.9 Å². The lowest BCUT2D eigenvalue weighted by atomic mass is 9.97. The van der Waals surface area contributed by atoms with E-state index < -0.39 is 24.2 Å². The molecule has 6 heteroatoms. The average Bonchev–Trinajstić information content (AvgIpc) is 2.84. The molecule has 2 aromatic rings. The number of carbonyl (C=O) groups is 3. The van der Waals surface area contributed by atoms with Crippen LogP contribution in [0.2, 0.25) is 0 Å². The molecule has 0 radical (unpaired) electrons. The second kappa shape index (κ2) is 3.43. The molecule has 2 aliphatic rings. The van der Waals surface area contributed by atoms with Crippen molar-refractivity contribution in [2.45, 2.75) is 6.29 Å². The molecule has 0 saturated heterocycles. The molecule has 0 fully saturated rings. The number of carbonyl (C=O) groups excluding carboxylic acids is 3. The first kappa shape index (κ1) is 11.1. The van der Waals surface area contributed by atoms with E-state index in [0.717, 1.165) is 0 Å². The van der Waals surface area contributed by atoms with Crippen LogP contribution in [0.25, 0.3) is 10.8 Å². The van der Waals surface area contributed by atoms with Crippen LogP contribution in [-0.4, -0.2) is 23.0 Å². The zero-order valence-corrected chi connectivity index (χ0v) is 9.88. The van der Waals surface area contributed by atoms with E-state index in [9.17, 15) is 19.5 Å². The van der Waals surface area contributed by atoms with Gasteiger partial charge < -0.3 is 14.6 Å². The third-order valence-electron chi connectivity index (χ3n) is 3.47. The van der Waals surface area contributed by atoms with Gasteiger partial charge in [0.05, 0.1) is 16.7 Å². The molecule has 4 rings (SSSR count). The number of cyclic esters (lactones) is 3. The van der Waals surface area contributed by atoms with Gasteiger partial charge in [-0.25, -0.2) is 14.4 Å². The molecule has 2 aromatic carbocycles. The Morgan fingerprint density at radius 1 is 0.800 bits per heavy atom. The van der Waals surface area contributed by atoms with Crippen molar-refractivity contribution in [1.82, 2.24) is 0 Å². The van der Waals surface area contributed by atoms with Crippen LogP contribution in [0.4, 0.5) is 0 Å². The van der Waals surface area contributed by atoms with Crippen molar-refractivity contribution in [3.8, 4) is 0 Å². The summed E-state index contributed by atoms with van der Waals surface area (Å²) in [6.07, 6.45) is -1.30. The minimum atomic E-state index is -1.30. The van der Waals surface area contributed by atoms with Crippen LogP contribution in [0, 0.1) is 0 Å². The molecule has 6 nitrogen and oxygen atoms in total. The molecule has 1 atom stereocenters. The number of rotatable bonds is 0. The summed E-state index contributed by atoms with van der Waals surface area (Å²) in [6, 6.07) is 6.10. The quantitative estimate of drug-likeness (QED) is 0.573. The van der Waals surface area contributed by atoms with Crippen molar-refractivity contribution < 1.29 is 29.0 Å². The number of hydrogen-bond acceptors (Lipinski definition) is 6. The van der Waals surface area contributed by atoms with Crippen LogP contribution in [-0.2, 0) is 9.47 Å². The Bertz CT molecular complexity index is 835. The summed E-state index contributed by atoms with van der Waals surface area (Å²) in [5.41, 5.74) is 0.958. The van der Waals surface area contributed by atoms with E-state index in [0.29, 0.717) is 16.3 Å². The Labute approximate surface area is 111 Å². The van der Waals surface area contributed by atoms with Crippen molar-refractivity contribution >= 4 is 28.7 Å². The summed E-state index contributed by atoms with van der Waals surface area (Å²) in [5.74, 6) is -2.01. The zero-order valence-electron chi connectivity index (χ0n) is 9.88. The lowest BCUT2D eigenvalue weighted by molar-refractivity contribution is -0.0547. The Hall–Kier alpha value is -2.73. The van der Waals surface area contributed by atoms with E-state index in [1.165, 1.54) is 18.2 Å². The predicted molar refractivity (Wildman–Crippen MR) is 64.1 cm³/mol. The lowest BCUT2D eigenvalue weighted by Crippen LogP contribution is -1.96. The molecule has 2 heterocycles. The summed E-state index contributed by atoms with van der Waals surface area (Å²) in [7, 11) is 0. The Balaban J connectivity index is 2.05. The molecule has 0 bridgehead atoms. The van der Waals surface area contributed by atoms with Crippen LogP contribution in [0.3, 0.4) is 0 Å². The molecule has 0 unspecified atom stereocenters. The van der Waals surface area contributed by atoms with Gasteiger partial charge in [-0.05, 0) is 35.0 Å². The number of fused-ring (bicyclic) bond motifs is 3. The molecule has 0 amide bonds. The van der Waals surface area contributed by atoms with Gasteiger partial charge in [-0.15, -0.1) is 0 Å².